The molecule has 7 nitrogen and oxygen atoms in total. The Morgan fingerprint density at radius 3 is 2.40 bits per heavy atom. The number of anilines is 2. The van der Waals surface area contributed by atoms with Gasteiger partial charge >= 0.3 is 0 Å². The SMILES string of the molecule is CCN(CC)S(=O)(=O)c1ccc(N2CCOCC2)c(N=CC=C2N(C)c3ccccc3C2(C)C)c1. The third-order valence-electron chi connectivity index (χ3n) is 7.03. The van der Waals surface area contributed by atoms with Crippen LogP contribution in [-0.2, 0) is 20.2 Å². The van der Waals surface area contributed by atoms with Gasteiger partial charge in [0.2, 0.25) is 10.0 Å². The highest BCUT2D eigenvalue weighted by molar-refractivity contribution is 7.89. The van der Waals surface area contributed by atoms with Gasteiger partial charge in [0.1, 0.15) is 0 Å². The minimum atomic E-state index is -3.58. The zero-order valence-corrected chi connectivity index (χ0v) is 22.2. The Labute approximate surface area is 209 Å². The lowest BCUT2D eigenvalue weighted by Gasteiger charge is -2.30. The Morgan fingerprint density at radius 2 is 1.74 bits per heavy atom. The van der Waals surface area contributed by atoms with Gasteiger partial charge < -0.3 is 14.5 Å². The number of nitrogens with zero attached hydrogens (tertiary/aromatic N) is 4. The summed E-state index contributed by atoms with van der Waals surface area (Å²) in [5.74, 6) is 0. The number of aliphatic imine (C=N–C) groups is 1. The summed E-state index contributed by atoms with van der Waals surface area (Å²) in [5.41, 5.74) is 5.03. The van der Waals surface area contributed by atoms with Crippen LogP contribution in [0.3, 0.4) is 0 Å². The summed E-state index contributed by atoms with van der Waals surface area (Å²) < 4.78 is 33.4. The molecule has 2 aliphatic rings. The molecule has 0 atom stereocenters. The number of ether oxygens (including phenoxy) is 1. The van der Waals surface area contributed by atoms with Crippen LogP contribution in [0, 0.1) is 0 Å². The van der Waals surface area contributed by atoms with Crippen molar-refractivity contribution in [1.82, 2.24) is 4.31 Å². The van der Waals surface area contributed by atoms with Crippen molar-refractivity contribution < 1.29 is 13.2 Å². The molecule has 2 aliphatic heterocycles. The van der Waals surface area contributed by atoms with E-state index in [2.05, 4.69) is 55.0 Å². The Hall–Kier alpha value is -2.68. The molecule has 8 heteroatoms. The average molecular weight is 497 g/mol. The second-order valence-electron chi connectivity index (χ2n) is 9.37. The summed E-state index contributed by atoms with van der Waals surface area (Å²) in [6.45, 7) is 11.8. The van der Waals surface area contributed by atoms with Gasteiger partial charge in [-0.25, -0.2) is 8.42 Å². The first-order chi connectivity index (χ1) is 16.7. The Bertz CT molecular complexity index is 1230. The van der Waals surface area contributed by atoms with E-state index in [9.17, 15) is 8.42 Å². The first-order valence-corrected chi connectivity index (χ1v) is 13.7. The van der Waals surface area contributed by atoms with Gasteiger partial charge in [0.15, 0.2) is 0 Å². The van der Waals surface area contributed by atoms with Crippen LogP contribution < -0.4 is 9.80 Å². The molecule has 2 aromatic carbocycles. The second kappa shape index (κ2) is 10.1. The number of sulfonamides is 1. The van der Waals surface area contributed by atoms with E-state index in [4.69, 9.17) is 9.73 Å². The van der Waals surface area contributed by atoms with Crippen LogP contribution in [0.15, 0.2) is 64.1 Å². The summed E-state index contributed by atoms with van der Waals surface area (Å²) in [4.78, 5) is 9.47. The molecule has 0 saturated carbocycles. The first kappa shape index (κ1) is 25.4. The molecule has 188 valence electrons. The van der Waals surface area contributed by atoms with Gasteiger partial charge in [0, 0.05) is 56.2 Å². The van der Waals surface area contributed by atoms with E-state index < -0.39 is 10.0 Å². The molecular weight excluding hydrogens is 460 g/mol. The van der Waals surface area contributed by atoms with Gasteiger partial charge in [-0.15, -0.1) is 0 Å². The molecule has 0 radical (unpaired) electrons. The van der Waals surface area contributed by atoms with Crippen LogP contribution in [0.25, 0.3) is 0 Å². The minimum Gasteiger partial charge on any atom is -0.378 e. The predicted octanol–water partition coefficient (Wildman–Crippen LogP) is 4.57. The molecular formula is C27H36N4O3S. The number of morpholine rings is 1. The van der Waals surface area contributed by atoms with E-state index in [-0.39, 0.29) is 10.3 Å². The average Bonchev–Trinajstić information content (AvgIpc) is 3.05. The molecule has 35 heavy (non-hydrogen) atoms. The number of fused-ring (bicyclic) bond motifs is 1. The van der Waals surface area contributed by atoms with Crippen molar-refractivity contribution in [3.63, 3.8) is 0 Å². The summed E-state index contributed by atoms with van der Waals surface area (Å²) in [7, 11) is -1.51. The maximum absolute atomic E-state index is 13.2. The fourth-order valence-electron chi connectivity index (χ4n) is 5.04. The monoisotopic (exact) mass is 496 g/mol. The minimum absolute atomic E-state index is 0.154. The van der Waals surface area contributed by atoms with Crippen molar-refractivity contribution in [2.75, 3.05) is 56.2 Å². The van der Waals surface area contributed by atoms with Crippen LogP contribution in [0.4, 0.5) is 17.1 Å². The van der Waals surface area contributed by atoms with Gasteiger partial charge in [-0.05, 0) is 35.9 Å². The quantitative estimate of drug-likeness (QED) is 0.526. The standard InChI is InChI=1S/C27H36N4O3S/c1-6-31(7-2)35(32,33)21-12-13-25(30-16-18-34-19-17-30)23(20-21)28-15-14-26-27(3,4)22-10-8-9-11-24(22)29(26)5/h8-15,20H,6-7,16-19H2,1-5H3. The zero-order valence-electron chi connectivity index (χ0n) is 21.4. The number of hydrogen-bond donors (Lipinski definition) is 0. The van der Waals surface area contributed by atoms with E-state index in [1.54, 1.807) is 18.3 Å². The van der Waals surface area contributed by atoms with Crippen LogP contribution in [0.5, 0.6) is 0 Å². The molecule has 0 N–H and O–H groups in total. The van der Waals surface area contributed by atoms with Crippen molar-refractivity contribution in [3.05, 3.63) is 59.8 Å². The van der Waals surface area contributed by atoms with E-state index in [0.29, 0.717) is 32.0 Å². The van der Waals surface area contributed by atoms with Crippen LogP contribution in [0.1, 0.15) is 33.3 Å². The lowest BCUT2D eigenvalue weighted by molar-refractivity contribution is 0.123. The topological polar surface area (TPSA) is 65.5 Å². The second-order valence-corrected chi connectivity index (χ2v) is 11.3. The summed E-state index contributed by atoms with van der Waals surface area (Å²) in [6.07, 6.45) is 3.83. The summed E-state index contributed by atoms with van der Waals surface area (Å²) >= 11 is 0. The Balaban J connectivity index is 1.73. The van der Waals surface area contributed by atoms with Crippen molar-refractivity contribution in [2.24, 2.45) is 4.99 Å². The van der Waals surface area contributed by atoms with Gasteiger partial charge in [0.25, 0.3) is 0 Å². The highest BCUT2D eigenvalue weighted by atomic mass is 32.2. The van der Waals surface area contributed by atoms with Gasteiger partial charge in [0.05, 0.1) is 29.5 Å². The number of rotatable bonds is 7. The number of likely N-dealkylation sites (N-methyl/N-ethyl adjacent to an activating group) is 1. The normalized spacial score (nSPS) is 19.2. The van der Waals surface area contributed by atoms with E-state index in [1.807, 2.05) is 26.0 Å². The number of allylic oxidation sites excluding steroid dienone is 2. The predicted molar refractivity (Wildman–Crippen MR) is 144 cm³/mol. The van der Waals surface area contributed by atoms with Crippen molar-refractivity contribution >= 4 is 33.3 Å². The largest absolute Gasteiger partial charge is 0.378 e. The fourth-order valence-corrected chi connectivity index (χ4v) is 6.52. The molecule has 0 bridgehead atoms. The van der Waals surface area contributed by atoms with E-state index in [1.165, 1.54) is 15.6 Å². The van der Waals surface area contributed by atoms with Crippen molar-refractivity contribution in [1.29, 1.82) is 0 Å². The fraction of sp³-hybridized carbons (Fsp3) is 0.444. The van der Waals surface area contributed by atoms with E-state index in [0.717, 1.165) is 24.5 Å². The smallest absolute Gasteiger partial charge is 0.243 e. The zero-order chi connectivity index (χ0) is 25.2. The number of benzene rings is 2. The molecule has 0 amide bonds. The maximum Gasteiger partial charge on any atom is 0.243 e. The van der Waals surface area contributed by atoms with Crippen molar-refractivity contribution in [3.8, 4) is 0 Å². The van der Waals surface area contributed by atoms with Crippen LogP contribution in [0.2, 0.25) is 0 Å². The van der Waals surface area contributed by atoms with Crippen LogP contribution >= 0.6 is 0 Å². The van der Waals surface area contributed by atoms with Gasteiger partial charge in [-0.3, -0.25) is 4.99 Å². The number of para-hydroxylation sites is 1. The summed E-state index contributed by atoms with van der Waals surface area (Å²) in [5, 5.41) is 0. The molecule has 0 aliphatic carbocycles. The lowest BCUT2D eigenvalue weighted by atomic mass is 9.84. The molecule has 1 saturated heterocycles. The van der Waals surface area contributed by atoms with Gasteiger partial charge in [-0.2, -0.15) is 4.31 Å². The van der Waals surface area contributed by atoms with Crippen molar-refractivity contribution in [2.45, 2.75) is 38.0 Å². The van der Waals surface area contributed by atoms with Crippen LogP contribution in [-0.4, -0.2) is 65.4 Å². The van der Waals surface area contributed by atoms with E-state index >= 15 is 0 Å². The highest BCUT2D eigenvalue weighted by Crippen LogP contribution is 2.46. The van der Waals surface area contributed by atoms with Gasteiger partial charge in [-0.1, -0.05) is 45.9 Å². The maximum atomic E-state index is 13.2. The molecule has 0 unspecified atom stereocenters. The number of hydrogen-bond acceptors (Lipinski definition) is 6. The third-order valence-corrected chi connectivity index (χ3v) is 9.07. The third kappa shape index (κ3) is 4.75. The molecule has 2 aromatic rings. The molecule has 0 aromatic heterocycles. The summed E-state index contributed by atoms with van der Waals surface area (Å²) in [6, 6.07) is 13.7. The molecule has 4 rings (SSSR count). The molecule has 2 heterocycles. The molecule has 1 fully saturated rings. The Morgan fingerprint density at radius 1 is 1.06 bits per heavy atom. The first-order valence-electron chi connectivity index (χ1n) is 12.3. The highest BCUT2D eigenvalue weighted by Gasteiger charge is 2.37. The molecule has 0 spiro atoms. The Kier molecular flexibility index (Phi) is 7.35. The lowest BCUT2D eigenvalue weighted by Crippen LogP contribution is -2.36.